The Bertz CT molecular complexity index is 1610. The molecular formula is C32H35N3O11S. The van der Waals surface area contributed by atoms with Crippen LogP contribution in [0.1, 0.15) is 56.7 Å². The van der Waals surface area contributed by atoms with Gasteiger partial charge in [-0.05, 0) is 57.5 Å². The molecule has 2 aliphatic heterocycles. The van der Waals surface area contributed by atoms with E-state index in [9.17, 15) is 33.6 Å². The molecule has 0 saturated carbocycles. The number of ether oxygens (including phenoxy) is 4. The monoisotopic (exact) mass is 669 g/mol. The Hall–Kier alpha value is -4.92. The molecular weight excluding hydrogens is 634 g/mol. The topological polar surface area (TPSA) is 177 Å². The zero-order chi connectivity index (χ0) is 34.5. The first-order chi connectivity index (χ1) is 22.3. The number of esters is 4. The van der Waals surface area contributed by atoms with E-state index in [-0.39, 0.29) is 37.0 Å². The summed E-state index contributed by atoms with van der Waals surface area (Å²) in [5.41, 5.74) is 0.152. The number of aromatic nitrogens is 1. The van der Waals surface area contributed by atoms with Crippen molar-refractivity contribution in [1.82, 2.24) is 14.8 Å². The number of aldehydes is 1. The molecule has 2 aromatic rings. The third kappa shape index (κ3) is 7.91. The van der Waals surface area contributed by atoms with Gasteiger partial charge < -0.3 is 28.8 Å². The van der Waals surface area contributed by atoms with Crippen LogP contribution in [-0.4, -0.2) is 81.8 Å². The summed E-state index contributed by atoms with van der Waals surface area (Å²) in [7, 11) is 0. The average molecular weight is 670 g/mol. The molecule has 1 N–H and O–H groups in total. The fraction of sp³-hybridized carbons (Fsp3) is 0.406. The fourth-order valence-electron chi connectivity index (χ4n) is 4.64. The molecule has 0 bridgehead atoms. The fourth-order valence-corrected chi connectivity index (χ4v) is 5.97. The van der Waals surface area contributed by atoms with Crippen LogP contribution in [0.4, 0.5) is 0 Å². The van der Waals surface area contributed by atoms with Crippen molar-refractivity contribution in [3.8, 4) is 5.75 Å². The quantitative estimate of drug-likeness (QED) is 0.0873. The Kier molecular flexibility index (Phi) is 10.9. The number of thioether (sulfide) groups is 1. The van der Waals surface area contributed by atoms with E-state index >= 15 is 0 Å². The van der Waals surface area contributed by atoms with Crippen LogP contribution < -0.4 is 10.1 Å². The second kappa shape index (κ2) is 14.7. The number of fused-ring (bicyclic) bond motifs is 1. The van der Waals surface area contributed by atoms with Crippen LogP contribution in [0.15, 0.2) is 53.9 Å². The predicted molar refractivity (Wildman–Crippen MR) is 165 cm³/mol. The van der Waals surface area contributed by atoms with Gasteiger partial charge in [0.05, 0.1) is 17.7 Å². The number of hydrogen-bond acceptors (Lipinski definition) is 12. The smallest absolute Gasteiger partial charge is 0.355 e. The van der Waals surface area contributed by atoms with E-state index in [2.05, 4.69) is 5.32 Å². The van der Waals surface area contributed by atoms with Gasteiger partial charge >= 0.3 is 23.9 Å². The minimum atomic E-state index is -1.58. The van der Waals surface area contributed by atoms with Gasteiger partial charge in [-0.15, -0.1) is 11.8 Å². The third-order valence-electron chi connectivity index (χ3n) is 7.07. The minimum absolute atomic E-state index is 0.0227. The zero-order valence-electron chi connectivity index (χ0n) is 26.5. The van der Waals surface area contributed by atoms with Crippen molar-refractivity contribution in [1.29, 1.82) is 0 Å². The van der Waals surface area contributed by atoms with Crippen molar-refractivity contribution < 1.29 is 52.5 Å². The van der Waals surface area contributed by atoms with Crippen molar-refractivity contribution in [2.45, 2.75) is 58.7 Å². The lowest BCUT2D eigenvalue weighted by atomic mass is 9.97. The van der Waals surface area contributed by atoms with Gasteiger partial charge in [0.2, 0.25) is 6.04 Å². The number of hydrogen-bond donors (Lipinski definition) is 1. The number of β-lactam (4-membered cyclic amide) rings is 1. The highest BCUT2D eigenvalue weighted by atomic mass is 32.2. The molecule has 15 heteroatoms. The largest absolute Gasteiger partial charge is 0.464 e. The SMILES string of the molecule is CCOC(=O)C(C(=O)NC1C(=O)N2C(C(=O)OCc3ccc(OC(=O)C(C)(C)C)cc3)=C(COC(C)=O)CSC12)n1cccc1C=O. The molecule has 250 valence electrons. The van der Waals surface area contributed by atoms with Gasteiger partial charge in [0.1, 0.15) is 36.1 Å². The van der Waals surface area contributed by atoms with Gasteiger partial charge in [-0.2, -0.15) is 0 Å². The third-order valence-corrected chi connectivity index (χ3v) is 8.41. The number of carbonyl (C=O) groups is 7. The molecule has 0 radical (unpaired) electrons. The van der Waals surface area contributed by atoms with E-state index in [0.717, 1.165) is 4.57 Å². The van der Waals surface area contributed by atoms with Gasteiger partial charge in [0, 0.05) is 24.4 Å². The number of benzene rings is 1. The van der Waals surface area contributed by atoms with Gasteiger partial charge in [0.15, 0.2) is 6.29 Å². The molecule has 2 amide bonds. The van der Waals surface area contributed by atoms with Crippen LogP contribution in [0.3, 0.4) is 0 Å². The molecule has 4 rings (SSSR count). The van der Waals surface area contributed by atoms with E-state index < -0.39 is 58.6 Å². The van der Waals surface area contributed by atoms with Crippen molar-refractivity contribution in [2.75, 3.05) is 19.0 Å². The number of amides is 2. The summed E-state index contributed by atoms with van der Waals surface area (Å²) in [6.45, 7) is 7.50. The van der Waals surface area contributed by atoms with Gasteiger partial charge in [-0.3, -0.25) is 28.9 Å². The van der Waals surface area contributed by atoms with Gasteiger partial charge in [0.25, 0.3) is 11.8 Å². The van der Waals surface area contributed by atoms with E-state index in [4.69, 9.17) is 18.9 Å². The molecule has 0 spiro atoms. The Labute approximate surface area is 274 Å². The summed E-state index contributed by atoms with van der Waals surface area (Å²) in [4.78, 5) is 89.4. The first kappa shape index (κ1) is 34.9. The highest BCUT2D eigenvalue weighted by Gasteiger charge is 2.55. The standard InChI is InChI=1S/C32H35N3O11S/c1-6-43-30(41)25(34-13-7-8-21(34)14-36)26(38)33-23-27(39)35-24(20(16-44-18(2)37)17-47-28(23)35)29(40)45-15-19-9-11-22(12-10-19)46-31(42)32(3,4)5/h7-14,23,25,28H,6,15-17H2,1-5H3,(H,33,38). The normalized spacial score (nSPS) is 17.9. The summed E-state index contributed by atoms with van der Waals surface area (Å²) >= 11 is 1.22. The maximum atomic E-state index is 13.5. The molecule has 1 saturated heterocycles. The summed E-state index contributed by atoms with van der Waals surface area (Å²) in [5.74, 6) is -3.81. The first-order valence-corrected chi connectivity index (χ1v) is 15.7. The Morgan fingerprint density at radius 1 is 1.04 bits per heavy atom. The number of carbonyl (C=O) groups excluding carboxylic acids is 7. The van der Waals surface area contributed by atoms with Crippen molar-refractivity contribution in [2.24, 2.45) is 5.41 Å². The molecule has 3 unspecified atom stereocenters. The molecule has 1 aromatic heterocycles. The minimum Gasteiger partial charge on any atom is -0.464 e. The van der Waals surface area contributed by atoms with Crippen LogP contribution in [0.5, 0.6) is 5.75 Å². The Morgan fingerprint density at radius 3 is 2.36 bits per heavy atom. The van der Waals surface area contributed by atoms with Crippen molar-refractivity contribution in [3.05, 3.63) is 65.1 Å². The second-order valence-electron chi connectivity index (χ2n) is 11.6. The summed E-state index contributed by atoms with van der Waals surface area (Å²) in [5, 5.41) is 1.82. The molecule has 2 aliphatic rings. The highest BCUT2D eigenvalue weighted by molar-refractivity contribution is 8.00. The number of nitrogens with one attached hydrogen (secondary N) is 1. The van der Waals surface area contributed by atoms with E-state index in [1.165, 1.54) is 41.9 Å². The molecule has 47 heavy (non-hydrogen) atoms. The second-order valence-corrected chi connectivity index (χ2v) is 12.7. The summed E-state index contributed by atoms with van der Waals surface area (Å²) in [6, 6.07) is 6.56. The van der Waals surface area contributed by atoms with Crippen molar-refractivity contribution in [3.63, 3.8) is 0 Å². The molecule has 3 atom stereocenters. The summed E-state index contributed by atoms with van der Waals surface area (Å²) in [6.07, 6.45) is 1.86. The van der Waals surface area contributed by atoms with E-state index in [0.29, 0.717) is 23.2 Å². The lowest BCUT2D eigenvalue weighted by Crippen LogP contribution is -2.71. The van der Waals surface area contributed by atoms with Crippen LogP contribution in [0.25, 0.3) is 0 Å². The number of rotatable bonds is 12. The van der Waals surface area contributed by atoms with Crippen LogP contribution >= 0.6 is 11.8 Å². The predicted octanol–water partition coefficient (Wildman–Crippen LogP) is 2.32. The molecule has 1 aromatic carbocycles. The molecule has 14 nitrogen and oxygen atoms in total. The van der Waals surface area contributed by atoms with Crippen LogP contribution in [0.2, 0.25) is 0 Å². The maximum Gasteiger partial charge on any atom is 0.355 e. The lowest BCUT2D eigenvalue weighted by Gasteiger charge is -2.49. The van der Waals surface area contributed by atoms with E-state index in [1.807, 2.05) is 0 Å². The highest BCUT2D eigenvalue weighted by Crippen LogP contribution is 2.41. The zero-order valence-corrected chi connectivity index (χ0v) is 27.3. The van der Waals surface area contributed by atoms with Crippen LogP contribution in [0, 0.1) is 5.41 Å². The molecule has 1 fully saturated rings. The molecule has 0 aliphatic carbocycles. The average Bonchev–Trinajstić information content (AvgIpc) is 3.49. The maximum absolute atomic E-state index is 13.5. The van der Waals surface area contributed by atoms with Gasteiger partial charge in [-0.1, -0.05) is 12.1 Å². The first-order valence-electron chi connectivity index (χ1n) is 14.6. The Morgan fingerprint density at radius 2 is 1.74 bits per heavy atom. The number of nitrogens with zero attached hydrogens (tertiary/aromatic N) is 2. The lowest BCUT2D eigenvalue weighted by molar-refractivity contribution is -0.156. The van der Waals surface area contributed by atoms with Crippen LogP contribution in [-0.2, 0) is 49.6 Å². The van der Waals surface area contributed by atoms with Crippen molar-refractivity contribution >= 4 is 53.7 Å². The Balaban J connectivity index is 1.49. The van der Waals surface area contributed by atoms with E-state index in [1.54, 1.807) is 52.0 Å². The van der Waals surface area contributed by atoms with Gasteiger partial charge in [-0.25, -0.2) is 9.59 Å². The molecule has 3 heterocycles. The summed E-state index contributed by atoms with van der Waals surface area (Å²) < 4.78 is 22.2.